The summed E-state index contributed by atoms with van der Waals surface area (Å²) in [4.78, 5) is 24.6. The summed E-state index contributed by atoms with van der Waals surface area (Å²) in [5.41, 5.74) is 0. The molecular formula is C58H115NO5. The lowest BCUT2D eigenvalue weighted by Crippen LogP contribution is -2.45. The summed E-state index contributed by atoms with van der Waals surface area (Å²) in [6, 6.07) is -0.554. The lowest BCUT2D eigenvalue weighted by Gasteiger charge is -2.22. The van der Waals surface area contributed by atoms with Gasteiger partial charge in [0.25, 0.3) is 0 Å². The lowest BCUT2D eigenvalue weighted by molar-refractivity contribution is -0.143. The molecule has 0 saturated heterocycles. The van der Waals surface area contributed by atoms with Crippen molar-refractivity contribution in [1.82, 2.24) is 5.32 Å². The number of unbranched alkanes of at least 4 members (excludes halogenated alkanes) is 44. The Hall–Kier alpha value is -1.14. The van der Waals surface area contributed by atoms with Crippen LogP contribution in [0.2, 0.25) is 0 Å². The fraction of sp³-hybridized carbons (Fsp3) is 0.966. The number of hydrogen-bond acceptors (Lipinski definition) is 5. The monoisotopic (exact) mass is 906 g/mol. The molecule has 0 aliphatic carbocycles. The average Bonchev–Trinajstić information content (AvgIpc) is 3.29. The Bertz CT molecular complexity index is 913. The van der Waals surface area contributed by atoms with Gasteiger partial charge in [-0.1, -0.05) is 296 Å². The molecule has 0 aliphatic rings. The quantitative estimate of drug-likeness (QED) is 0.0417. The van der Waals surface area contributed by atoms with Crippen molar-refractivity contribution in [3.05, 3.63) is 0 Å². The molecule has 0 spiro atoms. The van der Waals surface area contributed by atoms with Crippen LogP contribution in [0.15, 0.2) is 0 Å². The molecule has 0 aromatic heterocycles. The molecule has 6 heteroatoms. The molecule has 0 saturated carbocycles. The number of nitrogens with one attached hydrogen (secondary N) is 1. The van der Waals surface area contributed by atoms with Crippen LogP contribution in [-0.4, -0.2) is 47.4 Å². The predicted octanol–water partition coefficient (Wildman–Crippen LogP) is 17.9. The summed E-state index contributed by atoms with van der Waals surface area (Å²) in [5.74, 6) is -0.0577. The SMILES string of the molecule is CCCCCCCCCCCCCCCCCCCCCC(O)C(CO)NC(=O)CCCCCCCCCCCCCOC(=O)CCCCCCCCCCCCCCCCCCC. The van der Waals surface area contributed by atoms with Crippen molar-refractivity contribution in [2.75, 3.05) is 13.2 Å². The minimum Gasteiger partial charge on any atom is -0.466 e. The number of carbonyl (C=O) groups is 2. The first-order valence-electron chi connectivity index (χ1n) is 29.3. The van der Waals surface area contributed by atoms with Crippen molar-refractivity contribution in [3.63, 3.8) is 0 Å². The van der Waals surface area contributed by atoms with Crippen molar-refractivity contribution in [2.45, 2.75) is 347 Å². The second-order valence-corrected chi connectivity index (χ2v) is 20.3. The third kappa shape index (κ3) is 50.3. The van der Waals surface area contributed by atoms with E-state index in [1.54, 1.807) is 0 Å². The van der Waals surface area contributed by atoms with Gasteiger partial charge in [-0.25, -0.2) is 0 Å². The van der Waals surface area contributed by atoms with Gasteiger partial charge in [-0.05, 0) is 25.7 Å². The van der Waals surface area contributed by atoms with Crippen molar-refractivity contribution in [3.8, 4) is 0 Å². The minimum atomic E-state index is -0.675. The third-order valence-electron chi connectivity index (χ3n) is 13.9. The fourth-order valence-electron chi connectivity index (χ4n) is 9.41. The predicted molar refractivity (Wildman–Crippen MR) is 278 cm³/mol. The minimum absolute atomic E-state index is 0.00829. The Morgan fingerprint density at radius 1 is 0.375 bits per heavy atom. The number of carbonyl (C=O) groups excluding carboxylic acids is 2. The first-order valence-corrected chi connectivity index (χ1v) is 29.3. The van der Waals surface area contributed by atoms with E-state index in [1.165, 1.54) is 244 Å². The maximum Gasteiger partial charge on any atom is 0.305 e. The van der Waals surface area contributed by atoms with E-state index in [0.717, 1.165) is 57.8 Å². The molecule has 0 heterocycles. The fourth-order valence-corrected chi connectivity index (χ4v) is 9.41. The summed E-state index contributed by atoms with van der Waals surface area (Å²) >= 11 is 0. The Morgan fingerprint density at radius 2 is 0.641 bits per heavy atom. The van der Waals surface area contributed by atoms with Crippen LogP contribution < -0.4 is 5.32 Å². The number of ether oxygens (including phenoxy) is 1. The van der Waals surface area contributed by atoms with Crippen molar-refractivity contribution in [1.29, 1.82) is 0 Å². The molecule has 2 atom stereocenters. The van der Waals surface area contributed by atoms with Crippen molar-refractivity contribution < 1.29 is 24.5 Å². The van der Waals surface area contributed by atoms with Gasteiger partial charge in [-0.3, -0.25) is 9.59 Å². The zero-order valence-corrected chi connectivity index (χ0v) is 43.5. The Balaban J connectivity index is 3.43. The first kappa shape index (κ1) is 62.9. The molecule has 382 valence electrons. The number of aliphatic hydroxyl groups excluding tert-OH is 2. The van der Waals surface area contributed by atoms with Crippen LogP contribution in [0.3, 0.4) is 0 Å². The van der Waals surface area contributed by atoms with Gasteiger partial charge in [0, 0.05) is 12.8 Å². The molecule has 6 nitrogen and oxygen atoms in total. The summed E-state index contributed by atoms with van der Waals surface area (Å²) in [5, 5.41) is 23.3. The molecular weight excluding hydrogens is 791 g/mol. The largest absolute Gasteiger partial charge is 0.466 e. The van der Waals surface area contributed by atoms with Gasteiger partial charge in [0.05, 0.1) is 25.4 Å². The number of esters is 1. The zero-order valence-electron chi connectivity index (χ0n) is 43.5. The Labute approximate surface area is 400 Å². The normalized spacial score (nSPS) is 12.5. The second kappa shape index (κ2) is 54.5. The molecule has 0 aromatic carbocycles. The van der Waals surface area contributed by atoms with Gasteiger partial charge in [-0.15, -0.1) is 0 Å². The van der Waals surface area contributed by atoms with E-state index in [1.807, 2.05) is 0 Å². The topological polar surface area (TPSA) is 95.9 Å². The molecule has 1 amide bonds. The number of rotatable bonds is 55. The molecule has 0 fully saturated rings. The third-order valence-corrected chi connectivity index (χ3v) is 13.9. The highest BCUT2D eigenvalue weighted by atomic mass is 16.5. The van der Waals surface area contributed by atoms with Crippen LogP contribution in [0, 0.1) is 0 Å². The van der Waals surface area contributed by atoms with E-state index in [4.69, 9.17) is 4.74 Å². The van der Waals surface area contributed by atoms with Crippen LogP contribution >= 0.6 is 0 Å². The van der Waals surface area contributed by atoms with Crippen LogP contribution in [0.1, 0.15) is 335 Å². The van der Waals surface area contributed by atoms with Gasteiger partial charge >= 0.3 is 5.97 Å². The standard InChI is InChI=1S/C58H115NO5/c1-3-5-7-9-11-13-15-17-19-21-22-24-25-27-30-34-38-42-46-50-56(61)55(54-60)59-57(62)51-47-43-39-35-31-29-33-37-41-45-49-53-64-58(63)52-48-44-40-36-32-28-26-23-20-18-16-14-12-10-8-6-4-2/h55-56,60-61H,3-54H2,1-2H3,(H,59,62). The van der Waals surface area contributed by atoms with E-state index in [0.29, 0.717) is 25.9 Å². The van der Waals surface area contributed by atoms with Crippen LogP contribution in [0.25, 0.3) is 0 Å². The average molecular weight is 907 g/mol. The van der Waals surface area contributed by atoms with Crippen LogP contribution in [0.4, 0.5) is 0 Å². The number of aliphatic hydroxyl groups is 2. The van der Waals surface area contributed by atoms with Crippen LogP contribution in [-0.2, 0) is 14.3 Å². The molecule has 0 aliphatic heterocycles. The van der Waals surface area contributed by atoms with Gasteiger partial charge in [0.1, 0.15) is 0 Å². The zero-order chi connectivity index (χ0) is 46.5. The molecule has 0 bridgehead atoms. The first-order chi connectivity index (χ1) is 31.5. The van der Waals surface area contributed by atoms with Crippen molar-refractivity contribution in [2.24, 2.45) is 0 Å². The van der Waals surface area contributed by atoms with E-state index >= 15 is 0 Å². The summed E-state index contributed by atoms with van der Waals surface area (Å²) in [6.07, 6.45) is 62.3. The maximum atomic E-state index is 12.5. The highest BCUT2D eigenvalue weighted by Gasteiger charge is 2.20. The molecule has 0 rings (SSSR count). The van der Waals surface area contributed by atoms with Gasteiger partial charge in [-0.2, -0.15) is 0 Å². The van der Waals surface area contributed by atoms with Crippen molar-refractivity contribution >= 4 is 11.9 Å². The smallest absolute Gasteiger partial charge is 0.305 e. The maximum absolute atomic E-state index is 12.5. The highest BCUT2D eigenvalue weighted by Crippen LogP contribution is 2.18. The lowest BCUT2D eigenvalue weighted by atomic mass is 10.0. The van der Waals surface area contributed by atoms with E-state index in [2.05, 4.69) is 19.2 Å². The molecule has 0 aromatic rings. The molecule has 0 radical (unpaired) electrons. The summed E-state index contributed by atoms with van der Waals surface area (Å²) < 4.78 is 5.48. The van der Waals surface area contributed by atoms with Gasteiger partial charge in [0.15, 0.2) is 0 Å². The van der Waals surface area contributed by atoms with Crippen LogP contribution in [0.5, 0.6) is 0 Å². The molecule has 2 unspecified atom stereocenters. The van der Waals surface area contributed by atoms with E-state index in [9.17, 15) is 19.8 Å². The van der Waals surface area contributed by atoms with E-state index < -0.39 is 12.1 Å². The summed E-state index contributed by atoms with van der Waals surface area (Å²) in [7, 11) is 0. The molecule has 64 heavy (non-hydrogen) atoms. The number of hydrogen-bond donors (Lipinski definition) is 3. The Morgan fingerprint density at radius 3 is 0.953 bits per heavy atom. The second-order valence-electron chi connectivity index (χ2n) is 20.3. The van der Waals surface area contributed by atoms with Gasteiger partial charge in [0.2, 0.25) is 5.91 Å². The Kier molecular flexibility index (Phi) is 53.5. The molecule has 3 N–H and O–H groups in total. The van der Waals surface area contributed by atoms with E-state index in [-0.39, 0.29) is 18.5 Å². The highest BCUT2D eigenvalue weighted by molar-refractivity contribution is 5.76. The number of amides is 1. The summed E-state index contributed by atoms with van der Waals surface area (Å²) in [6.45, 7) is 4.95. The van der Waals surface area contributed by atoms with Gasteiger partial charge < -0.3 is 20.3 Å².